The topological polar surface area (TPSA) is 39.1 Å². The molecule has 0 aliphatic rings. The van der Waals surface area contributed by atoms with E-state index in [0.29, 0.717) is 12.2 Å². The number of benzene rings is 1. The fourth-order valence-electron chi connectivity index (χ4n) is 2.00. The van der Waals surface area contributed by atoms with Gasteiger partial charge in [0.2, 0.25) is 0 Å². The molecule has 2 aromatic rings. The highest BCUT2D eigenvalue weighted by molar-refractivity contribution is 5.28. The first-order valence-electron chi connectivity index (χ1n) is 6.34. The lowest BCUT2D eigenvalue weighted by molar-refractivity contribution is -0.143. The molecule has 114 valence electrons. The Labute approximate surface area is 120 Å². The number of methoxy groups -OCH3 is 1. The summed E-state index contributed by atoms with van der Waals surface area (Å²) in [5.41, 5.74) is 0.592. The number of nitrogens with zero attached hydrogens (tertiary/aromatic N) is 2. The summed E-state index contributed by atoms with van der Waals surface area (Å²) in [7, 11) is 2.87. The number of nitrogens with one attached hydrogen (secondary N) is 1. The number of alkyl halides is 3. The van der Waals surface area contributed by atoms with Gasteiger partial charge in [-0.3, -0.25) is 4.68 Å². The van der Waals surface area contributed by atoms with E-state index in [1.54, 1.807) is 7.11 Å². The van der Waals surface area contributed by atoms with E-state index in [2.05, 4.69) is 10.4 Å². The lowest BCUT2D eigenvalue weighted by Gasteiger charge is -2.05. The lowest BCUT2D eigenvalue weighted by atomic mass is 10.2. The van der Waals surface area contributed by atoms with Gasteiger partial charge in [0.25, 0.3) is 0 Å². The normalized spacial score (nSPS) is 11.7. The summed E-state index contributed by atoms with van der Waals surface area (Å²) < 4.78 is 43.9. The van der Waals surface area contributed by atoms with E-state index in [9.17, 15) is 13.2 Å². The molecule has 1 N–H and O–H groups in total. The van der Waals surface area contributed by atoms with E-state index in [1.165, 1.54) is 7.05 Å². The summed E-state index contributed by atoms with van der Waals surface area (Å²) in [4.78, 5) is 0. The van der Waals surface area contributed by atoms with Crippen molar-refractivity contribution in [3.63, 3.8) is 0 Å². The molecule has 7 heteroatoms. The van der Waals surface area contributed by atoms with Gasteiger partial charge in [0.1, 0.15) is 11.4 Å². The fourth-order valence-corrected chi connectivity index (χ4v) is 2.00. The van der Waals surface area contributed by atoms with Gasteiger partial charge in [0.05, 0.1) is 12.8 Å². The van der Waals surface area contributed by atoms with Crippen LogP contribution in [0.3, 0.4) is 0 Å². The lowest BCUT2D eigenvalue weighted by Crippen LogP contribution is -2.13. The number of aromatic nitrogens is 2. The molecule has 0 saturated heterocycles. The van der Waals surface area contributed by atoms with Crippen molar-refractivity contribution in [3.05, 3.63) is 47.3 Å². The quantitative estimate of drug-likeness (QED) is 0.922. The zero-order valence-electron chi connectivity index (χ0n) is 11.7. The van der Waals surface area contributed by atoms with Crippen molar-refractivity contribution >= 4 is 0 Å². The van der Waals surface area contributed by atoms with Crippen LogP contribution in [0.4, 0.5) is 13.2 Å². The van der Waals surface area contributed by atoms with Crippen molar-refractivity contribution < 1.29 is 17.9 Å². The van der Waals surface area contributed by atoms with Gasteiger partial charge in [0, 0.05) is 20.1 Å². The van der Waals surface area contributed by atoms with Crippen molar-refractivity contribution in [2.45, 2.75) is 19.3 Å². The van der Waals surface area contributed by atoms with Crippen molar-refractivity contribution in [1.29, 1.82) is 0 Å². The Bertz CT molecular complexity index is 608. The molecule has 0 atom stereocenters. The molecular weight excluding hydrogens is 283 g/mol. The molecular formula is C14H16F3N3O. The van der Waals surface area contributed by atoms with Gasteiger partial charge in [-0.2, -0.15) is 18.3 Å². The summed E-state index contributed by atoms with van der Waals surface area (Å²) in [5.74, 6) is 0.742. The number of halogens is 3. The Kier molecular flexibility index (Phi) is 4.52. The smallest absolute Gasteiger partial charge is 0.433 e. The third kappa shape index (κ3) is 3.98. The third-order valence-corrected chi connectivity index (χ3v) is 2.99. The van der Waals surface area contributed by atoms with E-state index < -0.39 is 11.9 Å². The van der Waals surface area contributed by atoms with Crippen LogP contribution >= 0.6 is 0 Å². The summed E-state index contributed by atoms with van der Waals surface area (Å²) in [6, 6.07) is 8.52. The number of rotatable bonds is 5. The van der Waals surface area contributed by atoms with Crippen LogP contribution in [0.15, 0.2) is 30.3 Å². The van der Waals surface area contributed by atoms with Crippen LogP contribution in [0.5, 0.6) is 5.75 Å². The van der Waals surface area contributed by atoms with E-state index >= 15 is 0 Å². The van der Waals surface area contributed by atoms with Crippen LogP contribution in [0.25, 0.3) is 0 Å². The number of aryl methyl sites for hydroxylation is 1. The van der Waals surface area contributed by atoms with E-state index in [0.717, 1.165) is 22.1 Å². The molecule has 0 aliphatic carbocycles. The van der Waals surface area contributed by atoms with Crippen LogP contribution < -0.4 is 10.1 Å². The van der Waals surface area contributed by atoms with Crippen LogP contribution in [-0.4, -0.2) is 16.9 Å². The minimum atomic E-state index is -4.38. The van der Waals surface area contributed by atoms with Gasteiger partial charge in [-0.1, -0.05) is 12.1 Å². The summed E-state index contributed by atoms with van der Waals surface area (Å²) in [6.07, 6.45) is -4.38. The number of ether oxygens (including phenoxy) is 1. The molecule has 4 nitrogen and oxygen atoms in total. The second-order valence-electron chi connectivity index (χ2n) is 4.60. The minimum absolute atomic E-state index is 0.265. The average molecular weight is 299 g/mol. The fraction of sp³-hybridized carbons (Fsp3) is 0.357. The molecule has 0 saturated carbocycles. The maximum absolute atomic E-state index is 12.6. The van der Waals surface area contributed by atoms with Crippen molar-refractivity contribution in [3.8, 4) is 5.75 Å². The molecule has 0 unspecified atom stereocenters. The van der Waals surface area contributed by atoms with Gasteiger partial charge in [-0.25, -0.2) is 0 Å². The van der Waals surface area contributed by atoms with E-state index in [4.69, 9.17) is 4.74 Å². The maximum atomic E-state index is 12.6. The highest BCUT2D eigenvalue weighted by Gasteiger charge is 2.34. The average Bonchev–Trinajstić information content (AvgIpc) is 2.80. The predicted octanol–water partition coefficient (Wildman–Crippen LogP) is 2.74. The van der Waals surface area contributed by atoms with Gasteiger partial charge in [-0.15, -0.1) is 0 Å². The first-order valence-corrected chi connectivity index (χ1v) is 6.34. The Morgan fingerprint density at radius 3 is 2.62 bits per heavy atom. The predicted molar refractivity (Wildman–Crippen MR) is 71.7 cm³/mol. The zero-order chi connectivity index (χ0) is 15.5. The molecule has 2 rings (SSSR count). The van der Waals surface area contributed by atoms with Crippen molar-refractivity contribution in [1.82, 2.24) is 15.1 Å². The highest BCUT2D eigenvalue weighted by Crippen LogP contribution is 2.29. The Balaban J connectivity index is 1.94. The zero-order valence-corrected chi connectivity index (χ0v) is 11.7. The summed E-state index contributed by atoms with van der Waals surface area (Å²) >= 11 is 0. The van der Waals surface area contributed by atoms with Crippen LogP contribution in [0, 0.1) is 0 Å². The first-order chi connectivity index (χ1) is 9.90. The SMILES string of the molecule is COc1cccc(CNCc2cc(C(F)(F)F)n(C)n2)c1. The van der Waals surface area contributed by atoms with Crippen LogP contribution in [0.1, 0.15) is 17.0 Å². The second-order valence-corrected chi connectivity index (χ2v) is 4.60. The maximum Gasteiger partial charge on any atom is 0.433 e. The monoisotopic (exact) mass is 299 g/mol. The van der Waals surface area contributed by atoms with Crippen molar-refractivity contribution in [2.75, 3.05) is 7.11 Å². The molecule has 0 amide bonds. The first kappa shape index (κ1) is 15.4. The number of hydrogen-bond donors (Lipinski definition) is 1. The van der Waals surface area contributed by atoms with Crippen molar-refractivity contribution in [2.24, 2.45) is 7.05 Å². The van der Waals surface area contributed by atoms with Gasteiger partial charge in [-0.05, 0) is 23.8 Å². The van der Waals surface area contributed by atoms with Crippen LogP contribution in [0.2, 0.25) is 0 Å². The minimum Gasteiger partial charge on any atom is -0.497 e. The Morgan fingerprint density at radius 2 is 2.00 bits per heavy atom. The molecule has 1 aromatic heterocycles. The van der Waals surface area contributed by atoms with Gasteiger partial charge in [0.15, 0.2) is 0 Å². The molecule has 0 radical (unpaired) electrons. The standard InChI is InChI=1S/C14H16F3N3O/c1-20-13(14(15,16)17)7-11(19-20)9-18-8-10-4-3-5-12(6-10)21-2/h3-7,18H,8-9H2,1-2H3. The molecule has 0 fully saturated rings. The van der Waals surface area contributed by atoms with E-state index in [1.807, 2.05) is 24.3 Å². The van der Waals surface area contributed by atoms with E-state index in [-0.39, 0.29) is 6.54 Å². The highest BCUT2D eigenvalue weighted by atomic mass is 19.4. The Morgan fingerprint density at radius 1 is 1.24 bits per heavy atom. The van der Waals surface area contributed by atoms with Crippen LogP contribution in [-0.2, 0) is 26.3 Å². The Hall–Kier alpha value is -2.02. The van der Waals surface area contributed by atoms with Gasteiger partial charge < -0.3 is 10.1 Å². The van der Waals surface area contributed by atoms with Gasteiger partial charge >= 0.3 is 6.18 Å². The number of hydrogen-bond acceptors (Lipinski definition) is 3. The molecule has 21 heavy (non-hydrogen) atoms. The summed E-state index contributed by atoms with van der Waals surface area (Å²) in [6.45, 7) is 0.788. The molecule has 0 aliphatic heterocycles. The molecule has 0 bridgehead atoms. The second kappa shape index (κ2) is 6.17. The molecule has 1 aromatic carbocycles. The molecule has 1 heterocycles. The summed E-state index contributed by atoms with van der Waals surface area (Å²) in [5, 5.41) is 6.91. The molecule has 0 spiro atoms. The third-order valence-electron chi connectivity index (χ3n) is 2.99. The largest absolute Gasteiger partial charge is 0.497 e.